The molecule has 12 rings (SSSR count). The molecule has 0 saturated heterocycles. The maximum Gasteiger partial charge on any atom is 0.0915 e. The third-order valence-electron chi connectivity index (χ3n) is 12.0. The van der Waals surface area contributed by atoms with Crippen LogP contribution in [-0.2, 0) is 0 Å². The van der Waals surface area contributed by atoms with Crippen LogP contribution < -0.4 is 9.80 Å². The minimum atomic E-state index is -0.442. The van der Waals surface area contributed by atoms with E-state index in [1.54, 1.807) is 0 Å². The fourth-order valence-electron chi connectivity index (χ4n) is 9.71. The van der Waals surface area contributed by atoms with Crippen LogP contribution in [0.2, 0.25) is 0 Å². The first kappa shape index (κ1) is 29.3. The van der Waals surface area contributed by atoms with E-state index in [2.05, 4.69) is 175 Å². The zero-order chi connectivity index (χ0) is 32.3. The van der Waals surface area contributed by atoms with Crippen molar-refractivity contribution in [2.75, 3.05) is 9.80 Å². The van der Waals surface area contributed by atoms with Crippen molar-refractivity contribution in [3.05, 3.63) is 174 Å². The second kappa shape index (κ2) is 11.4. The van der Waals surface area contributed by atoms with Gasteiger partial charge in [-0.15, -0.1) is 0 Å². The number of benzene rings is 4. The largest absolute Gasteiger partial charge is 0.336 e. The molecule has 4 heterocycles. The van der Waals surface area contributed by atoms with Crippen LogP contribution in [0.25, 0.3) is 10.8 Å². The highest BCUT2D eigenvalue weighted by Crippen LogP contribution is 2.60. The summed E-state index contributed by atoms with van der Waals surface area (Å²) in [4.78, 5) is 5.62. The highest BCUT2D eigenvalue weighted by Gasteiger charge is 2.63. The van der Waals surface area contributed by atoms with Crippen molar-refractivity contribution in [2.24, 2.45) is 17.8 Å². The number of aryl methyl sites for hydroxylation is 2. The van der Waals surface area contributed by atoms with Crippen LogP contribution in [0.4, 0.5) is 17.1 Å². The highest BCUT2D eigenvalue weighted by molar-refractivity contribution is 5.97. The molecule has 4 aromatic carbocycles. The van der Waals surface area contributed by atoms with E-state index in [1.807, 2.05) is 0 Å². The molecule has 2 nitrogen and oxygen atoms in total. The van der Waals surface area contributed by atoms with Crippen LogP contribution in [0.3, 0.4) is 0 Å². The van der Waals surface area contributed by atoms with E-state index >= 15 is 0 Å². The molecule has 0 aromatic heterocycles. The molecule has 238 valence electrons. The molecule has 4 aliphatic carbocycles. The third kappa shape index (κ3) is 4.38. The van der Waals surface area contributed by atoms with E-state index in [9.17, 15) is 0 Å². The van der Waals surface area contributed by atoms with Gasteiger partial charge in [0.25, 0.3) is 0 Å². The van der Waals surface area contributed by atoms with Crippen LogP contribution in [0.5, 0.6) is 0 Å². The van der Waals surface area contributed by atoms with E-state index in [1.165, 1.54) is 56.7 Å². The van der Waals surface area contributed by atoms with Gasteiger partial charge in [-0.2, -0.15) is 0 Å². The fourth-order valence-corrected chi connectivity index (χ4v) is 9.71. The van der Waals surface area contributed by atoms with Gasteiger partial charge in [0.05, 0.1) is 11.1 Å². The van der Waals surface area contributed by atoms with Crippen molar-refractivity contribution in [1.29, 1.82) is 0 Å². The number of hydrogen-bond acceptors (Lipinski definition) is 2. The van der Waals surface area contributed by atoms with Crippen molar-refractivity contribution in [1.82, 2.24) is 0 Å². The van der Waals surface area contributed by atoms with Gasteiger partial charge in [0.2, 0.25) is 0 Å². The molecule has 1 spiro atoms. The van der Waals surface area contributed by atoms with Gasteiger partial charge in [0, 0.05) is 40.0 Å². The Morgan fingerprint density at radius 2 is 1.52 bits per heavy atom. The number of anilines is 3. The van der Waals surface area contributed by atoms with Crippen LogP contribution in [0, 0.1) is 31.6 Å². The third-order valence-corrected chi connectivity index (χ3v) is 12.0. The molecule has 0 radical (unpaired) electrons. The van der Waals surface area contributed by atoms with E-state index in [0.29, 0.717) is 11.8 Å². The Morgan fingerprint density at radius 1 is 0.750 bits per heavy atom. The Labute approximate surface area is 285 Å². The normalized spacial score (nSPS) is 28.5. The maximum absolute atomic E-state index is 2.86. The van der Waals surface area contributed by atoms with Crippen molar-refractivity contribution in [3.8, 4) is 0 Å². The quantitative estimate of drug-likeness (QED) is 0.208. The SMILES string of the molecule is Cc1ccc(N(c2cccc3ccccc23)C23C=CC(=CC2)C2CC=C(CC2)N(c2ccc(C)cc2)[C@@]32CC=CC3C=CC=CC32)cc1. The molecule has 4 unspecified atom stereocenters. The Bertz CT molecular complexity index is 2050. The zero-order valence-corrected chi connectivity index (χ0v) is 28.1. The zero-order valence-electron chi connectivity index (χ0n) is 28.1. The first-order chi connectivity index (χ1) is 23.6. The number of nitrogens with zero attached hydrogens (tertiary/aromatic N) is 2. The molecule has 8 aliphatic rings. The Hall–Kier alpha value is -4.82. The average molecular weight is 625 g/mol. The van der Waals surface area contributed by atoms with Gasteiger partial charge in [-0.25, -0.2) is 0 Å². The molecule has 4 aromatic rings. The first-order valence-corrected chi connectivity index (χ1v) is 17.9. The van der Waals surface area contributed by atoms with Crippen molar-refractivity contribution in [3.63, 3.8) is 0 Å². The number of fused-ring (bicyclic) bond motifs is 2. The second-order valence-corrected chi connectivity index (χ2v) is 14.6. The summed E-state index contributed by atoms with van der Waals surface area (Å²) in [7, 11) is 0. The van der Waals surface area contributed by atoms with E-state index in [4.69, 9.17) is 0 Å². The molecule has 4 bridgehead atoms. The summed E-state index contributed by atoms with van der Waals surface area (Å²) in [6, 6.07) is 34.5. The van der Waals surface area contributed by atoms with Crippen molar-refractivity contribution >= 4 is 27.8 Å². The smallest absolute Gasteiger partial charge is 0.0915 e. The van der Waals surface area contributed by atoms with Gasteiger partial charge in [-0.1, -0.05) is 133 Å². The second-order valence-electron chi connectivity index (χ2n) is 14.6. The van der Waals surface area contributed by atoms with Crippen LogP contribution in [0.15, 0.2) is 163 Å². The standard InChI is InChI=1S/C46H44N2/c1-33-16-22-39(23-17-33)47-40-26-20-35(21-27-40)36-28-31-45(32-29-36,46(47)30-8-12-38-10-4-6-14-43(38)46)48(41-24-18-34(2)19-25-41)44-15-7-11-37-9-3-5-13-42(37)44/h3-19,22-26,28-29,31,35,38,43H,20-21,27,30,32H2,1-2H3/t35?,38?,43?,45?,46-/m1/s1. The minimum absolute atomic E-state index is 0.245. The van der Waals surface area contributed by atoms with Crippen LogP contribution >= 0.6 is 0 Å². The lowest BCUT2D eigenvalue weighted by Gasteiger charge is -2.66. The minimum Gasteiger partial charge on any atom is -0.336 e. The molecule has 0 amide bonds. The number of allylic oxidation sites excluding steroid dienone is 8. The average Bonchev–Trinajstić information content (AvgIpc) is 3.14. The Balaban J connectivity index is 1.42. The Kier molecular flexibility index (Phi) is 6.97. The van der Waals surface area contributed by atoms with E-state index in [0.717, 1.165) is 25.7 Å². The lowest BCUT2D eigenvalue weighted by molar-refractivity contribution is 0.164. The van der Waals surface area contributed by atoms with Gasteiger partial charge < -0.3 is 9.80 Å². The van der Waals surface area contributed by atoms with Crippen molar-refractivity contribution < 1.29 is 0 Å². The molecule has 5 atom stereocenters. The van der Waals surface area contributed by atoms with Crippen molar-refractivity contribution in [2.45, 2.75) is 57.0 Å². The molecule has 0 N–H and O–H groups in total. The number of hydrogen-bond donors (Lipinski definition) is 0. The maximum atomic E-state index is 2.86. The summed E-state index contributed by atoms with van der Waals surface area (Å²) >= 11 is 0. The summed E-state index contributed by atoms with van der Waals surface area (Å²) in [5, 5.41) is 2.56. The summed E-state index contributed by atoms with van der Waals surface area (Å²) in [6.07, 6.45) is 30.2. The predicted molar refractivity (Wildman–Crippen MR) is 203 cm³/mol. The van der Waals surface area contributed by atoms with E-state index < -0.39 is 5.54 Å². The molecule has 0 fully saturated rings. The summed E-state index contributed by atoms with van der Waals surface area (Å²) < 4.78 is 0. The van der Waals surface area contributed by atoms with Gasteiger partial charge >= 0.3 is 0 Å². The number of rotatable bonds is 4. The topological polar surface area (TPSA) is 6.48 Å². The molecule has 48 heavy (non-hydrogen) atoms. The van der Waals surface area contributed by atoms with Gasteiger partial charge in [0.15, 0.2) is 0 Å². The van der Waals surface area contributed by atoms with Crippen LogP contribution in [-0.4, -0.2) is 11.1 Å². The predicted octanol–water partition coefficient (Wildman–Crippen LogP) is 11.5. The Morgan fingerprint density at radius 3 is 2.29 bits per heavy atom. The van der Waals surface area contributed by atoms with Crippen LogP contribution in [0.1, 0.15) is 43.2 Å². The fraction of sp³-hybridized carbons (Fsp3) is 0.261. The van der Waals surface area contributed by atoms with E-state index in [-0.39, 0.29) is 11.5 Å². The molecular weight excluding hydrogens is 581 g/mol. The monoisotopic (exact) mass is 624 g/mol. The molecule has 0 saturated carbocycles. The first-order valence-electron chi connectivity index (χ1n) is 17.9. The van der Waals surface area contributed by atoms with Gasteiger partial charge in [-0.05, 0) is 93.2 Å². The highest BCUT2D eigenvalue weighted by atomic mass is 15.3. The van der Waals surface area contributed by atoms with Gasteiger partial charge in [-0.3, -0.25) is 0 Å². The lowest BCUT2D eigenvalue weighted by atomic mass is 9.55. The van der Waals surface area contributed by atoms with Gasteiger partial charge in [0.1, 0.15) is 0 Å². The summed E-state index contributed by atoms with van der Waals surface area (Å²) in [6.45, 7) is 4.40. The molecule has 2 heteroatoms. The molecule has 4 aliphatic heterocycles. The molecular formula is C46H44N2. The summed E-state index contributed by atoms with van der Waals surface area (Å²) in [5.41, 5.74) is 8.57. The lowest BCUT2D eigenvalue weighted by Crippen LogP contribution is -2.74. The summed E-state index contributed by atoms with van der Waals surface area (Å²) in [5.74, 6) is 1.12.